The third kappa shape index (κ3) is 2.90. The molecule has 0 aliphatic carbocycles. The quantitative estimate of drug-likeness (QED) is 0.784. The van der Waals surface area contributed by atoms with Crippen LogP contribution in [0.5, 0.6) is 0 Å². The summed E-state index contributed by atoms with van der Waals surface area (Å²) in [7, 11) is 0. The summed E-state index contributed by atoms with van der Waals surface area (Å²) in [5.41, 5.74) is 1.64. The summed E-state index contributed by atoms with van der Waals surface area (Å²) in [5.74, 6) is 0.586. The summed E-state index contributed by atoms with van der Waals surface area (Å²) in [4.78, 5) is 16.5. The number of amides is 1. The lowest BCUT2D eigenvalue weighted by molar-refractivity contribution is -0.124. The maximum Gasteiger partial charge on any atom is 0.244 e. The summed E-state index contributed by atoms with van der Waals surface area (Å²) >= 11 is 0. The Morgan fingerprint density at radius 1 is 1.32 bits per heavy atom. The highest BCUT2D eigenvalue weighted by molar-refractivity contribution is 5.79. The summed E-state index contributed by atoms with van der Waals surface area (Å²) in [6, 6.07) is 8.85. The Labute approximate surface area is 127 Å². The van der Waals surface area contributed by atoms with E-state index in [1.807, 2.05) is 24.3 Å². The lowest BCUT2D eigenvalue weighted by Crippen LogP contribution is -2.31. The van der Waals surface area contributed by atoms with Crippen LogP contribution in [0.4, 0.5) is 0 Å². The fourth-order valence-corrected chi connectivity index (χ4v) is 2.18. The van der Waals surface area contributed by atoms with Crippen LogP contribution in [0.2, 0.25) is 0 Å². The number of rotatable bonds is 5. The first-order chi connectivity index (χ1) is 10.8. The van der Waals surface area contributed by atoms with Gasteiger partial charge in [0.15, 0.2) is 5.76 Å². The monoisotopic (exact) mass is 296 g/mol. The lowest BCUT2D eigenvalue weighted by atomic mass is 10.1. The average molecular weight is 296 g/mol. The Bertz CT molecular complexity index is 735. The van der Waals surface area contributed by atoms with Crippen LogP contribution in [-0.4, -0.2) is 20.7 Å². The van der Waals surface area contributed by atoms with E-state index in [2.05, 4.69) is 15.4 Å². The molecule has 0 unspecified atom stereocenters. The van der Waals surface area contributed by atoms with Gasteiger partial charge in [0.25, 0.3) is 0 Å². The van der Waals surface area contributed by atoms with Crippen LogP contribution in [0.3, 0.4) is 0 Å². The standard InChI is InChI=1S/C16H16N4O2/c1-12(20-9-4-8-19-20)16(21)18-11-13-5-2-7-17-15(13)14-6-3-10-22-14/h2-10,12H,11H2,1H3,(H,18,21)/t12-/m0/s1. The maximum atomic E-state index is 12.2. The molecule has 0 aliphatic rings. The minimum atomic E-state index is -0.362. The molecule has 1 N–H and O–H groups in total. The molecule has 3 aromatic heterocycles. The zero-order valence-corrected chi connectivity index (χ0v) is 12.1. The summed E-state index contributed by atoms with van der Waals surface area (Å²) < 4.78 is 7.00. The van der Waals surface area contributed by atoms with Crippen LogP contribution in [0.1, 0.15) is 18.5 Å². The van der Waals surface area contributed by atoms with E-state index in [0.29, 0.717) is 12.3 Å². The molecule has 6 nitrogen and oxygen atoms in total. The van der Waals surface area contributed by atoms with Crippen molar-refractivity contribution >= 4 is 5.91 Å². The fourth-order valence-electron chi connectivity index (χ4n) is 2.18. The molecule has 0 aliphatic heterocycles. The first-order valence-electron chi connectivity index (χ1n) is 7.00. The molecule has 1 atom stereocenters. The van der Waals surface area contributed by atoms with Crippen molar-refractivity contribution in [3.8, 4) is 11.5 Å². The highest BCUT2D eigenvalue weighted by atomic mass is 16.3. The molecule has 1 amide bonds. The highest BCUT2D eigenvalue weighted by Gasteiger charge is 2.16. The Morgan fingerprint density at radius 3 is 2.95 bits per heavy atom. The van der Waals surface area contributed by atoms with Crippen LogP contribution in [-0.2, 0) is 11.3 Å². The molecule has 0 radical (unpaired) electrons. The third-order valence-electron chi connectivity index (χ3n) is 3.40. The van der Waals surface area contributed by atoms with Gasteiger partial charge in [-0.3, -0.25) is 14.5 Å². The van der Waals surface area contributed by atoms with Crippen LogP contribution in [0.25, 0.3) is 11.5 Å². The average Bonchev–Trinajstić information content (AvgIpc) is 3.25. The van der Waals surface area contributed by atoms with Crippen molar-refractivity contribution in [3.63, 3.8) is 0 Å². The maximum absolute atomic E-state index is 12.2. The molecular formula is C16H16N4O2. The van der Waals surface area contributed by atoms with Gasteiger partial charge in [-0.15, -0.1) is 0 Å². The molecular weight excluding hydrogens is 280 g/mol. The van der Waals surface area contributed by atoms with E-state index in [9.17, 15) is 4.79 Å². The number of nitrogens with one attached hydrogen (secondary N) is 1. The van der Waals surface area contributed by atoms with Crippen molar-refractivity contribution in [2.75, 3.05) is 0 Å². The summed E-state index contributed by atoms with van der Waals surface area (Å²) in [6.07, 6.45) is 6.73. The van der Waals surface area contributed by atoms with Crippen molar-refractivity contribution in [1.29, 1.82) is 0 Å². The van der Waals surface area contributed by atoms with E-state index in [0.717, 1.165) is 11.3 Å². The van der Waals surface area contributed by atoms with Crippen molar-refractivity contribution in [1.82, 2.24) is 20.1 Å². The fraction of sp³-hybridized carbons (Fsp3) is 0.188. The molecule has 0 spiro atoms. The Morgan fingerprint density at radius 2 is 2.23 bits per heavy atom. The normalized spacial score (nSPS) is 12.0. The van der Waals surface area contributed by atoms with Gasteiger partial charge in [0, 0.05) is 30.7 Å². The highest BCUT2D eigenvalue weighted by Crippen LogP contribution is 2.21. The number of hydrogen-bond donors (Lipinski definition) is 1. The van der Waals surface area contributed by atoms with Gasteiger partial charge in [0.2, 0.25) is 5.91 Å². The Balaban J connectivity index is 1.71. The predicted molar refractivity (Wildman–Crippen MR) is 80.7 cm³/mol. The Kier molecular flexibility index (Phi) is 4.00. The van der Waals surface area contributed by atoms with Gasteiger partial charge >= 0.3 is 0 Å². The van der Waals surface area contributed by atoms with E-state index < -0.39 is 0 Å². The van der Waals surface area contributed by atoms with E-state index in [-0.39, 0.29) is 11.9 Å². The molecule has 0 saturated heterocycles. The number of carbonyl (C=O) groups is 1. The van der Waals surface area contributed by atoms with Crippen LogP contribution >= 0.6 is 0 Å². The van der Waals surface area contributed by atoms with Crippen molar-refractivity contribution in [2.24, 2.45) is 0 Å². The minimum absolute atomic E-state index is 0.0991. The van der Waals surface area contributed by atoms with Gasteiger partial charge in [-0.2, -0.15) is 5.10 Å². The first kappa shape index (κ1) is 14.1. The number of hydrogen-bond acceptors (Lipinski definition) is 4. The van der Waals surface area contributed by atoms with Gasteiger partial charge in [0.05, 0.1) is 6.26 Å². The van der Waals surface area contributed by atoms with Gasteiger partial charge in [0.1, 0.15) is 11.7 Å². The van der Waals surface area contributed by atoms with Crippen LogP contribution in [0, 0.1) is 0 Å². The molecule has 0 saturated carbocycles. The van der Waals surface area contributed by atoms with Crippen molar-refractivity contribution in [2.45, 2.75) is 19.5 Å². The molecule has 3 rings (SSSR count). The second-order valence-electron chi connectivity index (χ2n) is 4.87. The van der Waals surface area contributed by atoms with E-state index in [4.69, 9.17) is 4.42 Å². The summed E-state index contributed by atoms with van der Waals surface area (Å²) in [5, 5.41) is 6.99. The second kappa shape index (κ2) is 6.26. The zero-order valence-electron chi connectivity index (χ0n) is 12.1. The number of nitrogens with zero attached hydrogens (tertiary/aromatic N) is 3. The van der Waals surface area contributed by atoms with Gasteiger partial charge < -0.3 is 9.73 Å². The molecule has 0 fully saturated rings. The van der Waals surface area contributed by atoms with E-state index >= 15 is 0 Å². The number of carbonyl (C=O) groups excluding carboxylic acids is 1. The third-order valence-corrected chi connectivity index (χ3v) is 3.40. The topological polar surface area (TPSA) is 73.0 Å². The molecule has 3 heterocycles. The largest absolute Gasteiger partial charge is 0.463 e. The first-order valence-corrected chi connectivity index (χ1v) is 7.00. The van der Waals surface area contributed by atoms with E-state index in [1.54, 1.807) is 42.5 Å². The Hall–Kier alpha value is -2.89. The molecule has 112 valence electrons. The molecule has 0 bridgehead atoms. The van der Waals surface area contributed by atoms with E-state index in [1.165, 1.54) is 0 Å². The molecule has 0 aromatic carbocycles. The SMILES string of the molecule is C[C@@H](C(=O)NCc1cccnc1-c1ccco1)n1cccn1. The zero-order chi connectivity index (χ0) is 15.4. The lowest BCUT2D eigenvalue weighted by Gasteiger charge is -2.13. The van der Waals surface area contributed by atoms with Gasteiger partial charge in [-0.1, -0.05) is 6.07 Å². The van der Waals surface area contributed by atoms with Crippen molar-refractivity contribution < 1.29 is 9.21 Å². The summed E-state index contributed by atoms with van der Waals surface area (Å²) in [6.45, 7) is 2.19. The molecule has 22 heavy (non-hydrogen) atoms. The number of pyridine rings is 1. The minimum Gasteiger partial charge on any atom is -0.463 e. The molecule has 3 aromatic rings. The van der Waals surface area contributed by atoms with Crippen molar-refractivity contribution in [3.05, 3.63) is 60.7 Å². The second-order valence-corrected chi connectivity index (χ2v) is 4.87. The number of furan rings is 1. The smallest absolute Gasteiger partial charge is 0.244 e. The number of aromatic nitrogens is 3. The van der Waals surface area contributed by atoms with Gasteiger partial charge in [-0.25, -0.2) is 0 Å². The predicted octanol–water partition coefficient (Wildman–Crippen LogP) is 2.42. The molecule has 6 heteroatoms. The van der Waals surface area contributed by atoms with Gasteiger partial charge in [-0.05, 0) is 31.2 Å². The van der Waals surface area contributed by atoms with Crippen LogP contribution in [0.15, 0.2) is 59.6 Å². The van der Waals surface area contributed by atoms with Crippen LogP contribution < -0.4 is 5.32 Å².